The number of aromatic nitrogens is 1. The third kappa shape index (κ3) is 3.10. The van der Waals surface area contributed by atoms with Gasteiger partial charge >= 0.3 is 5.97 Å². The third-order valence-corrected chi connectivity index (χ3v) is 2.72. The molecule has 1 aromatic heterocycles. The lowest BCUT2D eigenvalue weighted by molar-refractivity contribution is 0.0696. The number of carbonyl (C=O) groups is 1. The zero-order chi connectivity index (χ0) is 14.0. The van der Waals surface area contributed by atoms with Gasteiger partial charge in [-0.25, -0.2) is 9.78 Å². The zero-order valence-electron chi connectivity index (χ0n) is 11.1. The molecule has 0 radical (unpaired) electrons. The number of rotatable bonds is 3. The summed E-state index contributed by atoms with van der Waals surface area (Å²) < 4.78 is 5.66. The highest BCUT2D eigenvalue weighted by Crippen LogP contribution is 2.25. The molecule has 0 atom stereocenters. The van der Waals surface area contributed by atoms with Crippen molar-refractivity contribution < 1.29 is 14.6 Å². The van der Waals surface area contributed by atoms with Crippen molar-refractivity contribution in [3.8, 4) is 11.6 Å². The summed E-state index contributed by atoms with van der Waals surface area (Å²) in [7, 11) is 0. The predicted molar refractivity (Wildman–Crippen MR) is 71.9 cm³/mol. The van der Waals surface area contributed by atoms with Gasteiger partial charge in [0, 0.05) is 11.8 Å². The minimum Gasteiger partial charge on any atom is -0.478 e. The van der Waals surface area contributed by atoms with Gasteiger partial charge in [-0.15, -0.1) is 0 Å². The Balaban J connectivity index is 2.35. The van der Waals surface area contributed by atoms with Crippen LogP contribution in [0.15, 0.2) is 30.3 Å². The first-order chi connectivity index (χ1) is 8.95. The molecule has 0 aliphatic heterocycles. The van der Waals surface area contributed by atoms with E-state index in [4.69, 9.17) is 9.84 Å². The number of benzene rings is 1. The number of hydrogen-bond donors (Lipinski definition) is 1. The summed E-state index contributed by atoms with van der Waals surface area (Å²) in [6, 6.07) is 8.74. The molecule has 0 amide bonds. The summed E-state index contributed by atoms with van der Waals surface area (Å²) in [6.07, 6.45) is 0. The lowest BCUT2D eigenvalue weighted by atomic mass is 10.1. The molecule has 98 valence electrons. The van der Waals surface area contributed by atoms with Gasteiger partial charge in [0.15, 0.2) is 0 Å². The van der Waals surface area contributed by atoms with Gasteiger partial charge in [-0.2, -0.15) is 0 Å². The first-order valence-electron chi connectivity index (χ1n) is 5.93. The van der Waals surface area contributed by atoms with Crippen molar-refractivity contribution in [2.24, 2.45) is 0 Å². The molecule has 0 saturated heterocycles. The van der Waals surface area contributed by atoms with Crippen LogP contribution in [0.1, 0.15) is 27.2 Å². The average molecular weight is 257 g/mol. The average Bonchev–Trinajstić information content (AvgIpc) is 2.32. The zero-order valence-corrected chi connectivity index (χ0v) is 11.1. The van der Waals surface area contributed by atoms with Crippen molar-refractivity contribution in [2.45, 2.75) is 20.8 Å². The number of hydrogen-bond acceptors (Lipinski definition) is 3. The quantitative estimate of drug-likeness (QED) is 0.914. The number of aryl methyl sites for hydroxylation is 3. The maximum atomic E-state index is 11.0. The summed E-state index contributed by atoms with van der Waals surface area (Å²) in [5.41, 5.74) is 2.92. The van der Waals surface area contributed by atoms with Gasteiger partial charge in [-0.05, 0) is 38.5 Å². The van der Waals surface area contributed by atoms with Gasteiger partial charge in [-0.3, -0.25) is 0 Å². The predicted octanol–water partition coefficient (Wildman–Crippen LogP) is 3.50. The number of pyridine rings is 1. The topological polar surface area (TPSA) is 59.4 Å². The highest BCUT2D eigenvalue weighted by atomic mass is 16.5. The van der Waals surface area contributed by atoms with E-state index < -0.39 is 5.97 Å². The highest BCUT2D eigenvalue weighted by Gasteiger charge is 2.09. The molecule has 1 aromatic carbocycles. The largest absolute Gasteiger partial charge is 0.478 e. The van der Waals surface area contributed by atoms with Crippen molar-refractivity contribution >= 4 is 5.97 Å². The fourth-order valence-electron chi connectivity index (χ4n) is 1.84. The third-order valence-electron chi connectivity index (χ3n) is 2.72. The summed E-state index contributed by atoms with van der Waals surface area (Å²) >= 11 is 0. The van der Waals surface area contributed by atoms with Gasteiger partial charge in [-0.1, -0.05) is 17.7 Å². The Kier molecular flexibility index (Phi) is 3.51. The number of aromatic carboxylic acids is 1. The molecule has 0 aliphatic rings. The van der Waals surface area contributed by atoms with Crippen molar-refractivity contribution in [1.29, 1.82) is 0 Å². The molecular weight excluding hydrogens is 242 g/mol. The standard InChI is InChI=1S/C15H15NO3/c1-9-4-5-13(10(2)6-9)19-14-8-12(15(17)18)7-11(3)16-14/h4-8H,1-3H3,(H,17,18). The lowest BCUT2D eigenvalue weighted by Gasteiger charge is -2.09. The monoisotopic (exact) mass is 257 g/mol. The molecule has 2 rings (SSSR count). The van der Waals surface area contributed by atoms with Crippen molar-refractivity contribution in [3.05, 3.63) is 52.7 Å². The van der Waals surface area contributed by atoms with E-state index in [1.807, 2.05) is 32.0 Å². The number of ether oxygens (including phenoxy) is 1. The highest BCUT2D eigenvalue weighted by molar-refractivity contribution is 5.88. The number of nitrogens with zero attached hydrogens (tertiary/aromatic N) is 1. The molecule has 4 heteroatoms. The Morgan fingerprint density at radius 3 is 2.53 bits per heavy atom. The van der Waals surface area contributed by atoms with Crippen LogP contribution >= 0.6 is 0 Å². The van der Waals surface area contributed by atoms with Crippen LogP contribution in [-0.4, -0.2) is 16.1 Å². The van der Waals surface area contributed by atoms with E-state index in [9.17, 15) is 4.79 Å². The van der Waals surface area contributed by atoms with Gasteiger partial charge in [0.25, 0.3) is 0 Å². The molecule has 0 fully saturated rings. The van der Waals surface area contributed by atoms with E-state index in [0.717, 1.165) is 11.1 Å². The van der Waals surface area contributed by atoms with Gasteiger partial charge in [0.2, 0.25) is 5.88 Å². The first-order valence-corrected chi connectivity index (χ1v) is 5.93. The van der Waals surface area contributed by atoms with Crippen LogP contribution in [0.5, 0.6) is 11.6 Å². The van der Waals surface area contributed by atoms with E-state index in [0.29, 0.717) is 17.3 Å². The van der Waals surface area contributed by atoms with Crippen LogP contribution in [0.4, 0.5) is 0 Å². The Labute approximate surface area is 111 Å². The molecule has 0 saturated carbocycles. The Bertz CT molecular complexity index is 635. The van der Waals surface area contributed by atoms with E-state index >= 15 is 0 Å². The summed E-state index contributed by atoms with van der Waals surface area (Å²) in [6.45, 7) is 5.68. The van der Waals surface area contributed by atoms with Gasteiger partial charge < -0.3 is 9.84 Å². The van der Waals surface area contributed by atoms with Crippen LogP contribution in [0.2, 0.25) is 0 Å². The van der Waals surface area contributed by atoms with E-state index in [1.54, 1.807) is 6.92 Å². The molecule has 0 aliphatic carbocycles. The first kappa shape index (κ1) is 13.1. The van der Waals surface area contributed by atoms with Gasteiger partial charge in [0.05, 0.1) is 5.56 Å². The molecule has 4 nitrogen and oxygen atoms in total. The Morgan fingerprint density at radius 2 is 1.89 bits per heavy atom. The molecule has 1 N–H and O–H groups in total. The molecule has 0 spiro atoms. The smallest absolute Gasteiger partial charge is 0.335 e. The van der Waals surface area contributed by atoms with Crippen LogP contribution in [0, 0.1) is 20.8 Å². The number of carboxylic acids is 1. The van der Waals surface area contributed by atoms with Crippen LogP contribution in [0.3, 0.4) is 0 Å². The SMILES string of the molecule is Cc1ccc(Oc2cc(C(=O)O)cc(C)n2)c(C)c1. The fraction of sp³-hybridized carbons (Fsp3) is 0.200. The second-order valence-corrected chi connectivity index (χ2v) is 4.51. The molecular formula is C15H15NO3. The van der Waals surface area contributed by atoms with Crippen molar-refractivity contribution in [3.63, 3.8) is 0 Å². The molecule has 0 bridgehead atoms. The van der Waals surface area contributed by atoms with Crippen molar-refractivity contribution in [1.82, 2.24) is 4.98 Å². The number of carboxylic acid groups (broad SMARTS) is 1. The second kappa shape index (κ2) is 5.10. The molecule has 2 aromatic rings. The summed E-state index contributed by atoms with van der Waals surface area (Å²) in [5, 5.41) is 9.01. The lowest BCUT2D eigenvalue weighted by Crippen LogP contribution is -2.00. The fourth-order valence-corrected chi connectivity index (χ4v) is 1.84. The van der Waals surface area contributed by atoms with E-state index in [1.165, 1.54) is 12.1 Å². The Morgan fingerprint density at radius 1 is 1.16 bits per heavy atom. The van der Waals surface area contributed by atoms with Crippen LogP contribution in [-0.2, 0) is 0 Å². The Hall–Kier alpha value is -2.36. The maximum absolute atomic E-state index is 11.0. The maximum Gasteiger partial charge on any atom is 0.335 e. The molecule has 19 heavy (non-hydrogen) atoms. The molecule has 1 heterocycles. The van der Waals surface area contributed by atoms with Crippen molar-refractivity contribution in [2.75, 3.05) is 0 Å². The van der Waals surface area contributed by atoms with Crippen LogP contribution in [0.25, 0.3) is 0 Å². The normalized spacial score (nSPS) is 10.3. The summed E-state index contributed by atoms with van der Waals surface area (Å²) in [5.74, 6) is -0.0135. The molecule has 0 unspecified atom stereocenters. The summed E-state index contributed by atoms with van der Waals surface area (Å²) in [4.78, 5) is 15.2. The second-order valence-electron chi connectivity index (χ2n) is 4.51. The minimum absolute atomic E-state index is 0.173. The van der Waals surface area contributed by atoms with Crippen LogP contribution < -0.4 is 4.74 Å². The van der Waals surface area contributed by atoms with E-state index in [-0.39, 0.29) is 5.56 Å². The van der Waals surface area contributed by atoms with Gasteiger partial charge in [0.1, 0.15) is 5.75 Å². The minimum atomic E-state index is -0.990. The van der Waals surface area contributed by atoms with E-state index in [2.05, 4.69) is 4.98 Å².